The van der Waals surface area contributed by atoms with Gasteiger partial charge in [-0.3, -0.25) is 9.59 Å². The average molecular weight is 447 g/mol. The molecule has 0 amide bonds. The number of ketones is 2. The quantitative estimate of drug-likeness (QED) is 0.481. The highest BCUT2D eigenvalue weighted by Gasteiger charge is 2.71. The van der Waals surface area contributed by atoms with Gasteiger partial charge in [-0.05, 0) is 62.0 Å². The van der Waals surface area contributed by atoms with Crippen molar-refractivity contribution in [2.45, 2.75) is 65.6 Å². The van der Waals surface area contributed by atoms with Crippen LogP contribution in [-0.4, -0.2) is 53.5 Å². The van der Waals surface area contributed by atoms with E-state index in [1.165, 1.54) is 0 Å². The van der Waals surface area contributed by atoms with E-state index in [1.54, 1.807) is 12.2 Å². The predicted octanol–water partition coefficient (Wildman–Crippen LogP) is 3.07. The van der Waals surface area contributed by atoms with E-state index < -0.39 is 23.7 Å². The number of hydrogen-bond donors (Lipinski definition) is 2. The second kappa shape index (κ2) is 8.15. The van der Waals surface area contributed by atoms with Gasteiger partial charge in [0, 0.05) is 23.4 Å². The number of carbonyl (C=O) groups excluding carboxylic acids is 2. The molecule has 2 N–H and O–H groups in total. The van der Waals surface area contributed by atoms with E-state index in [-0.39, 0.29) is 53.4 Å². The molecule has 6 nitrogen and oxygen atoms in total. The number of aliphatic hydroxyl groups is 2. The zero-order chi connectivity index (χ0) is 23.5. The van der Waals surface area contributed by atoms with Crippen molar-refractivity contribution in [1.82, 2.24) is 0 Å². The summed E-state index contributed by atoms with van der Waals surface area (Å²) in [5.74, 6) is 0.134. The van der Waals surface area contributed by atoms with E-state index in [0.717, 1.165) is 18.4 Å². The predicted molar refractivity (Wildman–Crippen MR) is 120 cm³/mol. The van der Waals surface area contributed by atoms with Gasteiger partial charge in [0.2, 0.25) is 0 Å². The third-order valence-corrected chi connectivity index (χ3v) is 9.49. The van der Waals surface area contributed by atoms with Gasteiger partial charge in [-0.2, -0.15) is 0 Å². The van der Waals surface area contributed by atoms with Gasteiger partial charge < -0.3 is 19.7 Å². The van der Waals surface area contributed by atoms with Crippen LogP contribution in [0.3, 0.4) is 0 Å². The van der Waals surface area contributed by atoms with Crippen LogP contribution >= 0.6 is 0 Å². The molecule has 0 aliphatic heterocycles. The molecule has 3 saturated carbocycles. The van der Waals surface area contributed by atoms with Gasteiger partial charge in [-0.1, -0.05) is 39.3 Å². The third-order valence-electron chi connectivity index (χ3n) is 9.49. The number of fused-ring (bicyclic) bond motifs is 5. The lowest BCUT2D eigenvalue weighted by Crippen LogP contribution is -2.64. The maximum absolute atomic E-state index is 13.3. The monoisotopic (exact) mass is 446 g/mol. The number of rotatable bonds is 6. The van der Waals surface area contributed by atoms with Crippen molar-refractivity contribution in [2.75, 3.05) is 20.0 Å². The summed E-state index contributed by atoms with van der Waals surface area (Å²) in [4.78, 5) is 25.4. The Labute approximate surface area is 191 Å². The zero-order valence-electron chi connectivity index (χ0n) is 20.0. The summed E-state index contributed by atoms with van der Waals surface area (Å²) >= 11 is 0. The Morgan fingerprint density at radius 1 is 1.25 bits per heavy atom. The maximum atomic E-state index is 13.3. The average Bonchev–Trinajstić information content (AvgIpc) is 2.96. The van der Waals surface area contributed by atoms with Crippen LogP contribution in [0.4, 0.5) is 0 Å². The zero-order valence-corrected chi connectivity index (χ0v) is 20.0. The fourth-order valence-electron chi connectivity index (χ4n) is 8.38. The molecule has 6 heteroatoms. The topological polar surface area (TPSA) is 93.1 Å². The Balaban J connectivity index is 1.78. The van der Waals surface area contributed by atoms with Crippen LogP contribution in [0.2, 0.25) is 0 Å². The first kappa shape index (κ1) is 23.8. The summed E-state index contributed by atoms with van der Waals surface area (Å²) in [6.07, 6.45) is 6.84. The standard InChI is InChI=1S/C26H38O6/c1-6-31-14-32-26(22(30)13-27)16(3)10-20-18-9-15(2)19-11-17(28)7-8-24(19,4)23(18)21(29)12-25(20,26)5/h7-8,11,15-16,18,20-21,23,27,29H,6,9-10,12-14H2,1-5H3/t15-,16-,18-,20-,21-,23+,24-,25-,26-/m0/s1. The fourth-order valence-corrected chi connectivity index (χ4v) is 8.38. The van der Waals surface area contributed by atoms with Crippen LogP contribution in [0.15, 0.2) is 23.8 Å². The first-order valence-corrected chi connectivity index (χ1v) is 12.1. The molecular weight excluding hydrogens is 408 g/mol. The molecular formula is C26H38O6. The highest BCUT2D eigenvalue weighted by Crippen LogP contribution is 2.69. The molecule has 0 spiro atoms. The molecule has 4 aliphatic carbocycles. The SMILES string of the molecule is CCOCO[C@]1(C(=O)CO)[C@@H](C)C[C@H]2[C@@H]3C[C@H](C)C4=CC(=O)C=C[C@]4(C)[C@H]3[C@@H](O)C[C@@]21C. The molecule has 0 unspecified atom stereocenters. The van der Waals surface area contributed by atoms with Crippen molar-refractivity contribution in [2.24, 2.45) is 40.4 Å². The van der Waals surface area contributed by atoms with Gasteiger partial charge in [0.25, 0.3) is 0 Å². The molecule has 0 heterocycles. The summed E-state index contributed by atoms with van der Waals surface area (Å²) in [5, 5.41) is 21.5. The van der Waals surface area contributed by atoms with Gasteiger partial charge in [0.1, 0.15) is 19.0 Å². The summed E-state index contributed by atoms with van der Waals surface area (Å²) in [5.41, 5.74) is -1.06. The summed E-state index contributed by atoms with van der Waals surface area (Å²) in [6, 6.07) is 0. The summed E-state index contributed by atoms with van der Waals surface area (Å²) < 4.78 is 11.7. The Kier molecular flexibility index (Phi) is 6.07. The number of carbonyl (C=O) groups is 2. The van der Waals surface area contributed by atoms with E-state index in [4.69, 9.17) is 9.47 Å². The van der Waals surface area contributed by atoms with Crippen LogP contribution in [0.1, 0.15) is 53.9 Å². The molecule has 0 aromatic carbocycles. The van der Waals surface area contributed by atoms with E-state index in [1.807, 2.05) is 19.9 Å². The molecule has 178 valence electrons. The smallest absolute Gasteiger partial charge is 0.190 e. The Morgan fingerprint density at radius 3 is 2.62 bits per heavy atom. The number of Topliss-reactive ketones (excluding diaryl/α,β-unsaturated/α-hetero) is 1. The Hall–Kier alpha value is -1.34. The molecule has 0 saturated heterocycles. The van der Waals surface area contributed by atoms with Crippen molar-refractivity contribution in [1.29, 1.82) is 0 Å². The third kappa shape index (κ3) is 3.06. The minimum absolute atomic E-state index is 0.00899. The fraction of sp³-hybridized carbons (Fsp3) is 0.769. The molecule has 9 atom stereocenters. The highest BCUT2D eigenvalue weighted by molar-refractivity contribution is 6.01. The number of allylic oxidation sites excluding steroid dienone is 4. The minimum Gasteiger partial charge on any atom is -0.393 e. The minimum atomic E-state index is -1.19. The lowest BCUT2D eigenvalue weighted by atomic mass is 9.44. The van der Waals surface area contributed by atoms with Crippen molar-refractivity contribution in [3.63, 3.8) is 0 Å². The van der Waals surface area contributed by atoms with E-state index in [2.05, 4.69) is 20.8 Å². The van der Waals surface area contributed by atoms with Crippen LogP contribution in [0.25, 0.3) is 0 Å². The van der Waals surface area contributed by atoms with Crippen molar-refractivity contribution in [3.05, 3.63) is 23.8 Å². The van der Waals surface area contributed by atoms with Gasteiger partial charge in [-0.25, -0.2) is 0 Å². The number of aliphatic hydroxyl groups excluding tert-OH is 2. The lowest BCUT2D eigenvalue weighted by molar-refractivity contribution is -0.225. The van der Waals surface area contributed by atoms with Gasteiger partial charge >= 0.3 is 0 Å². The van der Waals surface area contributed by atoms with Crippen molar-refractivity contribution >= 4 is 11.6 Å². The van der Waals surface area contributed by atoms with Crippen LogP contribution in [0, 0.1) is 40.4 Å². The Bertz CT molecular complexity index is 847. The van der Waals surface area contributed by atoms with Gasteiger partial charge in [0.05, 0.1) is 6.10 Å². The van der Waals surface area contributed by atoms with Crippen LogP contribution < -0.4 is 0 Å². The molecule has 4 aliphatic rings. The number of hydrogen-bond acceptors (Lipinski definition) is 6. The summed E-state index contributed by atoms with van der Waals surface area (Å²) in [7, 11) is 0. The Morgan fingerprint density at radius 2 is 1.97 bits per heavy atom. The van der Waals surface area contributed by atoms with Crippen molar-refractivity contribution < 1.29 is 29.3 Å². The van der Waals surface area contributed by atoms with Crippen molar-refractivity contribution in [3.8, 4) is 0 Å². The molecule has 3 fully saturated rings. The molecule has 32 heavy (non-hydrogen) atoms. The van der Waals surface area contributed by atoms with E-state index in [9.17, 15) is 19.8 Å². The van der Waals surface area contributed by atoms with Gasteiger partial charge in [0.15, 0.2) is 11.6 Å². The second-order valence-electron chi connectivity index (χ2n) is 10.9. The molecule has 0 radical (unpaired) electrons. The molecule has 0 aromatic rings. The number of ether oxygens (including phenoxy) is 2. The second-order valence-corrected chi connectivity index (χ2v) is 10.9. The normalized spacial score (nSPS) is 47.5. The molecule has 0 bridgehead atoms. The van der Waals surface area contributed by atoms with E-state index in [0.29, 0.717) is 13.0 Å². The first-order valence-electron chi connectivity index (χ1n) is 12.1. The van der Waals surface area contributed by atoms with Crippen LogP contribution in [0.5, 0.6) is 0 Å². The maximum Gasteiger partial charge on any atom is 0.190 e. The highest BCUT2D eigenvalue weighted by atomic mass is 16.7. The van der Waals surface area contributed by atoms with Gasteiger partial charge in [-0.15, -0.1) is 0 Å². The molecule has 0 aromatic heterocycles. The summed E-state index contributed by atoms with van der Waals surface area (Å²) in [6.45, 7) is 10.2. The first-order chi connectivity index (χ1) is 15.1. The largest absolute Gasteiger partial charge is 0.393 e. The lowest BCUT2D eigenvalue weighted by Gasteiger charge is -2.61. The van der Waals surface area contributed by atoms with Crippen LogP contribution in [-0.2, 0) is 19.1 Å². The molecule has 4 rings (SSSR count). The van der Waals surface area contributed by atoms with E-state index >= 15 is 0 Å².